The van der Waals surface area contributed by atoms with E-state index in [0.29, 0.717) is 0 Å². The summed E-state index contributed by atoms with van der Waals surface area (Å²) in [5.41, 5.74) is -1.31. The second-order valence-electron chi connectivity index (χ2n) is 7.32. The van der Waals surface area contributed by atoms with Gasteiger partial charge in [-0.2, -0.15) is 0 Å². The smallest absolute Gasteiger partial charge is 0.258 e. The molecule has 0 saturated carbocycles. The molecule has 0 bridgehead atoms. The zero-order chi connectivity index (χ0) is 20.1. The van der Waals surface area contributed by atoms with Crippen molar-refractivity contribution in [1.82, 2.24) is 5.32 Å². The lowest BCUT2D eigenvalue weighted by Crippen LogP contribution is -2.56. The van der Waals surface area contributed by atoms with Crippen LogP contribution >= 0.6 is 11.6 Å². The van der Waals surface area contributed by atoms with Gasteiger partial charge in [0.1, 0.15) is 17.2 Å². The quantitative estimate of drug-likeness (QED) is 0.591. The van der Waals surface area contributed by atoms with Gasteiger partial charge in [0.15, 0.2) is 0 Å². The van der Waals surface area contributed by atoms with Crippen molar-refractivity contribution in [3.8, 4) is 0 Å². The summed E-state index contributed by atoms with van der Waals surface area (Å²) in [4.78, 5) is 12.6. The number of carbonyl (C=O) groups is 1. The highest BCUT2D eigenvalue weighted by Crippen LogP contribution is 2.40. The summed E-state index contributed by atoms with van der Waals surface area (Å²) in [6.07, 6.45) is 0. The van der Waals surface area contributed by atoms with E-state index in [0.717, 1.165) is 30.9 Å². The van der Waals surface area contributed by atoms with Crippen LogP contribution in [0.15, 0.2) is 48.5 Å². The molecule has 1 saturated heterocycles. The van der Waals surface area contributed by atoms with Crippen LogP contribution in [-0.2, 0) is 10.3 Å². The third-order valence-corrected chi connectivity index (χ3v) is 4.87. The largest absolute Gasteiger partial charge is 0.377 e. The number of alkyl halides is 1. The standard InChI is InChI=1S/C19H20ClF2NO.C2H4O/c1-18(2,3)19(12-20,13-8-5-4-6-9-13)23-17(24)16-14(21)10-7-11-15(16)22;1-2-3-1/h4-11H,12H2,1-3H3,(H,23,24);1-2H2. The van der Waals surface area contributed by atoms with Crippen molar-refractivity contribution in [2.24, 2.45) is 5.41 Å². The predicted molar refractivity (Wildman–Crippen MR) is 103 cm³/mol. The van der Waals surface area contributed by atoms with E-state index in [2.05, 4.69) is 10.1 Å². The van der Waals surface area contributed by atoms with Crippen molar-refractivity contribution in [3.05, 3.63) is 71.3 Å². The number of halogens is 3. The number of epoxide rings is 1. The predicted octanol–water partition coefficient (Wildman–Crippen LogP) is 4.89. The maximum Gasteiger partial charge on any atom is 0.258 e. The number of benzene rings is 2. The number of hydrogen-bond acceptors (Lipinski definition) is 2. The van der Waals surface area contributed by atoms with Gasteiger partial charge >= 0.3 is 0 Å². The Kier molecular flexibility index (Phi) is 6.95. The van der Waals surface area contributed by atoms with Crippen LogP contribution in [0.4, 0.5) is 8.78 Å². The maximum absolute atomic E-state index is 13.9. The number of ether oxygens (including phenoxy) is 1. The Morgan fingerprint density at radius 3 is 1.96 bits per heavy atom. The van der Waals surface area contributed by atoms with E-state index in [4.69, 9.17) is 11.6 Å². The molecule has 6 heteroatoms. The summed E-state index contributed by atoms with van der Waals surface area (Å²) in [6.45, 7) is 7.75. The van der Waals surface area contributed by atoms with Crippen LogP contribution in [0.3, 0.4) is 0 Å². The van der Waals surface area contributed by atoms with Gasteiger partial charge in [-0.25, -0.2) is 8.78 Å². The third kappa shape index (κ3) is 5.05. The first-order chi connectivity index (χ1) is 12.7. The van der Waals surface area contributed by atoms with Crippen LogP contribution < -0.4 is 5.32 Å². The monoisotopic (exact) mass is 395 g/mol. The van der Waals surface area contributed by atoms with E-state index in [9.17, 15) is 13.6 Å². The van der Waals surface area contributed by atoms with Gasteiger partial charge in [-0.05, 0) is 23.1 Å². The Labute approximate surface area is 163 Å². The molecule has 27 heavy (non-hydrogen) atoms. The van der Waals surface area contributed by atoms with Crippen LogP contribution in [0.1, 0.15) is 36.7 Å². The highest BCUT2D eigenvalue weighted by Gasteiger charge is 2.44. The molecule has 3 nitrogen and oxygen atoms in total. The van der Waals surface area contributed by atoms with Crippen molar-refractivity contribution in [2.75, 3.05) is 19.1 Å². The van der Waals surface area contributed by atoms with E-state index in [1.54, 1.807) is 0 Å². The highest BCUT2D eigenvalue weighted by atomic mass is 35.5. The van der Waals surface area contributed by atoms with Crippen LogP contribution in [0.2, 0.25) is 0 Å². The van der Waals surface area contributed by atoms with Crippen LogP contribution in [0.5, 0.6) is 0 Å². The van der Waals surface area contributed by atoms with Gasteiger partial charge in [0, 0.05) is 0 Å². The first kappa shape index (κ1) is 21.3. The first-order valence-corrected chi connectivity index (χ1v) is 9.22. The van der Waals surface area contributed by atoms with Crippen molar-refractivity contribution in [1.29, 1.82) is 0 Å². The van der Waals surface area contributed by atoms with Crippen molar-refractivity contribution >= 4 is 17.5 Å². The molecule has 0 aromatic heterocycles. The summed E-state index contributed by atoms with van der Waals surface area (Å²) < 4.78 is 32.4. The summed E-state index contributed by atoms with van der Waals surface area (Å²) in [7, 11) is 0. The molecule has 2 aromatic carbocycles. The van der Waals surface area contributed by atoms with Crippen molar-refractivity contribution < 1.29 is 18.3 Å². The van der Waals surface area contributed by atoms with Crippen LogP contribution in [0.25, 0.3) is 0 Å². The molecule has 1 amide bonds. The minimum atomic E-state index is -0.985. The zero-order valence-corrected chi connectivity index (χ0v) is 16.4. The van der Waals surface area contributed by atoms with E-state index in [1.165, 1.54) is 6.07 Å². The summed E-state index contributed by atoms with van der Waals surface area (Å²) in [5.74, 6) is -2.58. The molecule has 1 aliphatic heterocycles. The molecule has 1 heterocycles. The second kappa shape index (κ2) is 8.81. The molecular formula is C21H24ClF2NO2. The Morgan fingerprint density at radius 2 is 1.56 bits per heavy atom. The molecule has 0 aliphatic carbocycles. The lowest BCUT2D eigenvalue weighted by atomic mass is 9.70. The number of amides is 1. The maximum atomic E-state index is 13.9. The van der Waals surface area contributed by atoms with Crippen molar-refractivity contribution in [2.45, 2.75) is 26.3 Å². The lowest BCUT2D eigenvalue weighted by Gasteiger charge is -2.44. The molecule has 1 fully saturated rings. The third-order valence-electron chi connectivity index (χ3n) is 4.47. The fourth-order valence-electron chi connectivity index (χ4n) is 2.70. The molecule has 1 unspecified atom stereocenters. The SMILES string of the molecule is C1CO1.CC(C)(C)C(CCl)(NC(=O)c1c(F)cccc1F)c1ccccc1. The van der Waals surface area contributed by atoms with Gasteiger partial charge in [-0.1, -0.05) is 57.2 Å². The Morgan fingerprint density at radius 1 is 1.04 bits per heavy atom. The minimum absolute atomic E-state index is 0.0579. The van der Waals surface area contributed by atoms with Gasteiger partial charge in [-0.3, -0.25) is 4.79 Å². The number of carbonyl (C=O) groups excluding carboxylic acids is 1. The number of rotatable bonds is 4. The van der Waals surface area contributed by atoms with E-state index in [1.807, 2.05) is 51.1 Å². The van der Waals surface area contributed by atoms with E-state index in [-0.39, 0.29) is 5.88 Å². The number of nitrogens with one attached hydrogen (secondary N) is 1. The topological polar surface area (TPSA) is 41.6 Å². The van der Waals surface area contributed by atoms with Gasteiger partial charge in [0.2, 0.25) is 0 Å². The van der Waals surface area contributed by atoms with Crippen LogP contribution in [-0.4, -0.2) is 25.0 Å². The van der Waals surface area contributed by atoms with Gasteiger partial charge in [-0.15, -0.1) is 11.6 Å². The van der Waals surface area contributed by atoms with Gasteiger partial charge in [0.05, 0.1) is 24.6 Å². The number of hydrogen-bond donors (Lipinski definition) is 1. The fourth-order valence-corrected chi connectivity index (χ4v) is 3.32. The molecule has 1 atom stereocenters. The molecule has 0 spiro atoms. The second-order valence-corrected chi connectivity index (χ2v) is 7.59. The van der Waals surface area contributed by atoms with Crippen LogP contribution in [0, 0.1) is 17.0 Å². The molecular weight excluding hydrogens is 372 g/mol. The molecule has 146 valence electrons. The average Bonchev–Trinajstić information content (AvgIpc) is 3.48. The normalized spacial score (nSPS) is 15.2. The van der Waals surface area contributed by atoms with Gasteiger partial charge < -0.3 is 10.1 Å². The minimum Gasteiger partial charge on any atom is -0.377 e. The van der Waals surface area contributed by atoms with E-state index < -0.39 is 34.1 Å². The molecule has 3 rings (SSSR count). The molecule has 1 N–H and O–H groups in total. The van der Waals surface area contributed by atoms with Gasteiger partial charge in [0.25, 0.3) is 5.91 Å². The average molecular weight is 396 g/mol. The molecule has 1 aliphatic rings. The Hall–Kier alpha value is -1.98. The fraction of sp³-hybridized carbons (Fsp3) is 0.381. The summed E-state index contributed by atoms with van der Waals surface area (Å²) >= 11 is 6.25. The molecule has 2 aromatic rings. The summed E-state index contributed by atoms with van der Waals surface area (Å²) in [6, 6.07) is 12.5. The van der Waals surface area contributed by atoms with E-state index >= 15 is 0 Å². The Bertz CT molecular complexity index is 752. The van der Waals surface area contributed by atoms with Crippen molar-refractivity contribution in [3.63, 3.8) is 0 Å². The Balaban J connectivity index is 0.000000789. The lowest BCUT2D eigenvalue weighted by molar-refractivity contribution is 0.0792. The first-order valence-electron chi connectivity index (χ1n) is 8.68. The summed E-state index contributed by atoms with van der Waals surface area (Å²) in [5, 5.41) is 2.78. The zero-order valence-electron chi connectivity index (χ0n) is 15.7. The molecule has 0 radical (unpaired) electrons. The highest BCUT2D eigenvalue weighted by molar-refractivity contribution is 6.19.